The van der Waals surface area contributed by atoms with E-state index in [1.54, 1.807) is 0 Å². The molecule has 1 aliphatic rings. The van der Waals surface area contributed by atoms with Crippen molar-refractivity contribution in [2.75, 3.05) is 0 Å². The molecule has 1 fully saturated rings. The van der Waals surface area contributed by atoms with Gasteiger partial charge in [-0.15, -0.1) is 0 Å². The Morgan fingerprint density at radius 3 is 2.20 bits per heavy atom. The largest absolute Gasteiger partial charge is 0.387 e. The van der Waals surface area contributed by atoms with Gasteiger partial charge < -0.3 is 5.11 Å². The fourth-order valence-corrected chi connectivity index (χ4v) is 3.34. The van der Waals surface area contributed by atoms with Crippen molar-refractivity contribution >= 4 is 0 Å². The summed E-state index contributed by atoms with van der Waals surface area (Å²) in [7, 11) is 0. The second-order valence-corrected chi connectivity index (χ2v) is 6.66. The SMILES string of the molecule is Cc1ccc(C(O)C2(C#N)CCC(C(C)C)CC2)cc1. The van der Waals surface area contributed by atoms with Crippen molar-refractivity contribution in [1.29, 1.82) is 5.26 Å². The first-order valence-electron chi connectivity index (χ1n) is 7.64. The quantitative estimate of drug-likeness (QED) is 0.886. The minimum absolute atomic E-state index is 0.597. The van der Waals surface area contributed by atoms with E-state index in [0.717, 1.165) is 31.2 Å². The third-order valence-corrected chi connectivity index (χ3v) is 5.00. The van der Waals surface area contributed by atoms with Crippen LogP contribution in [0, 0.1) is 35.5 Å². The summed E-state index contributed by atoms with van der Waals surface area (Å²) in [6.07, 6.45) is 3.05. The average molecular weight is 271 g/mol. The Morgan fingerprint density at radius 1 is 1.20 bits per heavy atom. The third kappa shape index (κ3) is 2.88. The van der Waals surface area contributed by atoms with E-state index >= 15 is 0 Å². The number of hydrogen-bond acceptors (Lipinski definition) is 2. The molecule has 1 saturated carbocycles. The number of aliphatic hydroxyl groups excluding tert-OH is 1. The summed E-state index contributed by atoms with van der Waals surface area (Å²) < 4.78 is 0. The molecule has 2 nitrogen and oxygen atoms in total. The summed E-state index contributed by atoms with van der Waals surface area (Å²) in [4.78, 5) is 0. The van der Waals surface area contributed by atoms with Gasteiger partial charge in [0.05, 0.1) is 17.6 Å². The van der Waals surface area contributed by atoms with Gasteiger partial charge in [0.1, 0.15) is 0 Å². The second-order valence-electron chi connectivity index (χ2n) is 6.66. The Kier molecular flexibility index (Phi) is 4.50. The molecule has 0 bridgehead atoms. The molecule has 0 radical (unpaired) electrons. The molecule has 1 N–H and O–H groups in total. The Morgan fingerprint density at radius 2 is 1.75 bits per heavy atom. The Hall–Kier alpha value is -1.33. The normalized spacial score (nSPS) is 28.1. The Labute approximate surface area is 122 Å². The van der Waals surface area contributed by atoms with Gasteiger partial charge in [0.25, 0.3) is 0 Å². The minimum atomic E-state index is -0.666. The fourth-order valence-electron chi connectivity index (χ4n) is 3.34. The highest BCUT2D eigenvalue weighted by Gasteiger charge is 2.42. The van der Waals surface area contributed by atoms with Crippen LogP contribution in [-0.4, -0.2) is 5.11 Å². The van der Waals surface area contributed by atoms with Crippen LogP contribution in [0.15, 0.2) is 24.3 Å². The van der Waals surface area contributed by atoms with E-state index in [4.69, 9.17) is 0 Å². The van der Waals surface area contributed by atoms with Crippen LogP contribution in [0.1, 0.15) is 56.8 Å². The molecule has 0 aliphatic heterocycles. The predicted octanol–water partition coefficient (Wildman–Crippen LogP) is 4.38. The van der Waals surface area contributed by atoms with E-state index in [2.05, 4.69) is 19.9 Å². The first kappa shape index (κ1) is 15.1. The molecule has 0 heterocycles. The summed E-state index contributed by atoms with van der Waals surface area (Å²) in [6, 6.07) is 10.4. The first-order valence-corrected chi connectivity index (χ1v) is 7.64. The fraction of sp³-hybridized carbons (Fsp3) is 0.611. The zero-order valence-corrected chi connectivity index (χ0v) is 12.8. The Bertz CT molecular complexity index is 475. The number of benzene rings is 1. The van der Waals surface area contributed by atoms with Crippen molar-refractivity contribution < 1.29 is 5.11 Å². The monoisotopic (exact) mass is 271 g/mol. The molecule has 108 valence electrons. The van der Waals surface area contributed by atoms with Gasteiger partial charge >= 0.3 is 0 Å². The van der Waals surface area contributed by atoms with Crippen molar-refractivity contribution in [2.45, 2.75) is 52.6 Å². The Balaban J connectivity index is 2.16. The molecule has 1 aromatic carbocycles. The topological polar surface area (TPSA) is 44.0 Å². The molecular weight excluding hydrogens is 246 g/mol. The zero-order valence-electron chi connectivity index (χ0n) is 12.8. The standard InChI is InChI=1S/C18H25NO/c1-13(2)15-8-10-18(12-19,11-9-15)17(20)16-6-4-14(3)5-7-16/h4-7,13,15,17,20H,8-11H2,1-3H3. The minimum Gasteiger partial charge on any atom is -0.387 e. The predicted molar refractivity (Wildman–Crippen MR) is 81.0 cm³/mol. The highest BCUT2D eigenvalue weighted by Crippen LogP contribution is 2.48. The van der Waals surface area contributed by atoms with Crippen molar-refractivity contribution in [3.05, 3.63) is 35.4 Å². The molecule has 1 aromatic rings. The van der Waals surface area contributed by atoms with Crippen molar-refractivity contribution in [2.24, 2.45) is 17.3 Å². The van der Waals surface area contributed by atoms with Gasteiger partial charge in [0.2, 0.25) is 0 Å². The molecule has 0 amide bonds. The number of nitrogens with zero attached hydrogens (tertiary/aromatic N) is 1. The van der Waals surface area contributed by atoms with Crippen molar-refractivity contribution in [3.8, 4) is 6.07 Å². The lowest BCUT2D eigenvalue weighted by Crippen LogP contribution is -2.33. The maximum absolute atomic E-state index is 10.7. The van der Waals surface area contributed by atoms with Gasteiger partial charge in [0, 0.05) is 0 Å². The van der Waals surface area contributed by atoms with Crippen LogP contribution in [0.3, 0.4) is 0 Å². The summed E-state index contributed by atoms with van der Waals surface area (Å²) in [5.74, 6) is 1.37. The maximum Gasteiger partial charge on any atom is 0.0976 e. The van der Waals surface area contributed by atoms with Crippen molar-refractivity contribution in [3.63, 3.8) is 0 Å². The number of hydrogen-bond donors (Lipinski definition) is 1. The summed E-state index contributed by atoms with van der Waals surface area (Å²) in [6.45, 7) is 6.53. The van der Waals surface area contributed by atoms with Crippen LogP contribution < -0.4 is 0 Å². The first-order chi connectivity index (χ1) is 9.48. The molecule has 20 heavy (non-hydrogen) atoms. The van der Waals surface area contributed by atoms with E-state index < -0.39 is 11.5 Å². The summed E-state index contributed by atoms with van der Waals surface area (Å²) >= 11 is 0. The van der Waals surface area contributed by atoms with E-state index in [1.807, 2.05) is 31.2 Å². The van der Waals surface area contributed by atoms with Gasteiger partial charge in [-0.3, -0.25) is 0 Å². The molecule has 2 rings (SSSR count). The molecule has 0 saturated heterocycles. The highest BCUT2D eigenvalue weighted by atomic mass is 16.3. The van der Waals surface area contributed by atoms with E-state index in [-0.39, 0.29) is 0 Å². The van der Waals surface area contributed by atoms with Crippen LogP contribution in [0.2, 0.25) is 0 Å². The zero-order chi connectivity index (χ0) is 14.8. The van der Waals surface area contributed by atoms with Crippen LogP contribution in [0.5, 0.6) is 0 Å². The number of rotatable bonds is 3. The smallest absolute Gasteiger partial charge is 0.0976 e. The second kappa shape index (κ2) is 5.97. The van der Waals surface area contributed by atoms with Gasteiger partial charge in [0.15, 0.2) is 0 Å². The molecule has 0 aromatic heterocycles. The number of aryl methyl sites for hydroxylation is 1. The molecule has 2 heteroatoms. The highest BCUT2D eigenvalue weighted by molar-refractivity contribution is 5.27. The van der Waals surface area contributed by atoms with Crippen LogP contribution in [0.25, 0.3) is 0 Å². The molecule has 1 atom stereocenters. The molecule has 1 aliphatic carbocycles. The van der Waals surface area contributed by atoms with Crippen LogP contribution >= 0.6 is 0 Å². The lowest BCUT2D eigenvalue weighted by Gasteiger charge is -2.39. The molecule has 1 unspecified atom stereocenters. The lowest BCUT2D eigenvalue weighted by atomic mass is 9.65. The third-order valence-electron chi connectivity index (χ3n) is 5.00. The summed E-state index contributed by atoms with van der Waals surface area (Å²) in [5, 5.41) is 20.3. The van der Waals surface area contributed by atoms with Crippen molar-refractivity contribution in [1.82, 2.24) is 0 Å². The van der Waals surface area contributed by atoms with Crippen LogP contribution in [-0.2, 0) is 0 Å². The van der Waals surface area contributed by atoms with E-state index in [0.29, 0.717) is 11.8 Å². The van der Waals surface area contributed by atoms with Gasteiger partial charge in [-0.05, 0) is 50.0 Å². The van der Waals surface area contributed by atoms with Gasteiger partial charge in [-0.1, -0.05) is 43.7 Å². The summed E-state index contributed by atoms with van der Waals surface area (Å²) in [5.41, 5.74) is 1.45. The van der Waals surface area contributed by atoms with Gasteiger partial charge in [-0.25, -0.2) is 0 Å². The molecule has 0 spiro atoms. The van der Waals surface area contributed by atoms with Gasteiger partial charge in [-0.2, -0.15) is 5.26 Å². The maximum atomic E-state index is 10.7. The number of nitriles is 1. The molecular formula is C18H25NO. The lowest BCUT2D eigenvalue weighted by molar-refractivity contribution is 0.0190. The van der Waals surface area contributed by atoms with E-state index in [1.165, 1.54) is 5.56 Å². The average Bonchev–Trinajstić information content (AvgIpc) is 2.47. The number of aliphatic hydroxyl groups is 1. The van der Waals surface area contributed by atoms with Crippen LogP contribution in [0.4, 0.5) is 0 Å². The van der Waals surface area contributed by atoms with E-state index in [9.17, 15) is 10.4 Å².